The third-order valence-electron chi connectivity index (χ3n) is 2.46. The Kier molecular flexibility index (Phi) is 3.41. The summed E-state index contributed by atoms with van der Waals surface area (Å²) in [6, 6.07) is 6.81. The maximum atomic E-state index is 11.6. The van der Waals surface area contributed by atoms with Crippen molar-refractivity contribution in [3.63, 3.8) is 0 Å². The first-order valence-electron chi connectivity index (χ1n) is 5.20. The summed E-state index contributed by atoms with van der Waals surface area (Å²) in [4.78, 5) is 1.79. The van der Waals surface area contributed by atoms with Crippen molar-refractivity contribution in [3.8, 4) is 0 Å². The molecular weight excluding hydrogens is 270 g/mol. The average molecular weight is 283 g/mol. The van der Waals surface area contributed by atoms with Gasteiger partial charge in [0.1, 0.15) is 5.76 Å². The van der Waals surface area contributed by atoms with Crippen LogP contribution in [0.25, 0.3) is 0 Å². The van der Waals surface area contributed by atoms with Gasteiger partial charge in [-0.05, 0) is 25.1 Å². The number of hydrogen-bond donors (Lipinski definition) is 1. The predicted molar refractivity (Wildman–Crippen MR) is 71.5 cm³/mol. The number of aryl methyl sites for hydroxylation is 1. The predicted octanol–water partition coefficient (Wildman–Crippen LogP) is 2.72. The molecule has 6 heteroatoms. The van der Waals surface area contributed by atoms with Gasteiger partial charge in [0.2, 0.25) is 0 Å². The van der Waals surface area contributed by atoms with Gasteiger partial charge in [-0.15, -0.1) is 0 Å². The molecule has 0 aliphatic carbocycles. The average Bonchev–Trinajstić information content (AvgIpc) is 2.66. The van der Waals surface area contributed by atoms with Gasteiger partial charge in [-0.2, -0.15) is 0 Å². The topological polar surface area (TPSA) is 73.3 Å². The van der Waals surface area contributed by atoms with E-state index in [0.29, 0.717) is 4.90 Å². The van der Waals surface area contributed by atoms with Crippen LogP contribution in [0.5, 0.6) is 0 Å². The first kappa shape index (κ1) is 13.0. The van der Waals surface area contributed by atoms with Gasteiger partial charge in [-0.3, -0.25) is 0 Å². The fraction of sp³-hybridized carbons (Fsp3) is 0.167. The molecule has 0 atom stereocenters. The lowest BCUT2D eigenvalue weighted by atomic mass is 10.3. The Morgan fingerprint density at radius 1 is 1.22 bits per heavy atom. The Morgan fingerprint density at radius 3 is 2.50 bits per heavy atom. The number of rotatable bonds is 3. The highest BCUT2D eigenvalue weighted by molar-refractivity contribution is 7.99. The summed E-state index contributed by atoms with van der Waals surface area (Å²) in [5, 5.41) is 0. The molecule has 2 N–H and O–H groups in total. The molecule has 0 unspecified atom stereocenters. The first-order valence-corrected chi connectivity index (χ1v) is 7.91. The number of furan rings is 1. The van der Waals surface area contributed by atoms with Crippen molar-refractivity contribution in [3.05, 3.63) is 36.3 Å². The van der Waals surface area contributed by atoms with Gasteiger partial charge in [0.05, 0.1) is 21.7 Å². The maximum Gasteiger partial charge on any atom is 0.177 e. The van der Waals surface area contributed by atoms with Gasteiger partial charge < -0.3 is 10.2 Å². The molecule has 0 aliphatic rings. The largest absolute Gasteiger partial charge is 0.468 e. The Bertz CT molecular complexity index is 674. The van der Waals surface area contributed by atoms with E-state index >= 15 is 0 Å². The molecule has 2 rings (SSSR count). The Balaban J connectivity index is 2.45. The quantitative estimate of drug-likeness (QED) is 0.877. The van der Waals surface area contributed by atoms with Gasteiger partial charge in [0.25, 0.3) is 0 Å². The number of sulfone groups is 1. The maximum absolute atomic E-state index is 11.6. The van der Waals surface area contributed by atoms with Crippen LogP contribution in [-0.4, -0.2) is 14.7 Å². The summed E-state index contributed by atoms with van der Waals surface area (Å²) >= 11 is 1.39. The minimum absolute atomic E-state index is 0.161. The molecule has 0 amide bonds. The van der Waals surface area contributed by atoms with Crippen LogP contribution in [0.15, 0.2) is 49.6 Å². The van der Waals surface area contributed by atoms with Crippen LogP contribution in [0.3, 0.4) is 0 Å². The van der Waals surface area contributed by atoms with Crippen molar-refractivity contribution < 1.29 is 12.8 Å². The molecule has 4 nitrogen and oxygen atoms in total. The molecule has 0 spiro atoms. The minimum atomic E-state index is -3.31. The summed E-state index contributed by atoms with van der Waals surface area (Å²) in [6.45, 7) is 1.85. The molecule has 0 saturated carbocycles. The van der Waals surface area contributed by atoms with E-state index in [2.05, 4.69) is 0 Å². The molecule has 0 saturated heterocycles. The molecule has 0 bridgehead atoms. The van der Waals surface area contributed by atoms with Crippen molar-refractivity contribution >= 4 is 27.3 Å². The van der Waals surface area contributed by atoms with Crippen LogP contribution in [0.2, 0.25) is 0 Å². The molecule has 1 aromatic heterocycles. The standard InChI is InChI=1S/C12H13NO3S2/c1-8-9(6-7-16-8)17-10-4-3-5-11(12(10)13)18(2,14)15/h3-7H,13H2,1-2H3. The van der Waals surface area contributed by atoms with Crippen molar-refractivity contribution in [2.45, 2.75) is 21.6 Å². The number of nitrogen functional groups attached to an aromatic ring is 1. The Morgan fingerprint density at radius 2 is 1.94 bits per heavy atom. The summed E-state index contributed by atoms with van der Waals surface area (Å²) in [5.41, 5.74) is 6.19. The molecule has 1 heterocycles. The Labute approximate surface area is 110 Å². The van der Waals surface area contributed by atoms with Gasteiger partial charge in [-0.25, -0.2) is 8.42 Å². The lowest BCUT2D eigenvalue weighted by Gasteiger charge is -2.08. The summed E-state index contributed by atoms with van der Waals surface area (Å²) in [7, 11) is -3.31. The van der Waals surface area contributed by atoms with Crippen LogP contribution in [0.1, 0.15) is 5.76 Å². The van der Waals surface area contributed by atoms with Gasteiger partial charge >= 0.3 is 0 Å². The third kappa shape index (κ3) is 2.54. The monoisotopic (exact) mass is 283 g/mol. The van der Waals surface area contributed by atoms with Crippen molar-refractivity contribution in [1.29, 1.82) is 0 Å². The first-order chi connectivity index (χ1) is 8.39. The van der Waals surface area contributed by atoms with Crippen molar-refractivity contribution in [1.82, 2.24) is 0 Å². The number of benzene rings is 1. The zero-order valence-corrected chi connectivity index (χ0v) is 11.6. The lowest BCUT2D eigenvalue weighted by molar-refractivity contribution is 0.527. The van der Waals surface area contributed by atoms with Crippen molar-refractivity contribution in [2.24, 2.45) is 0 Å². The molecule has 96 valence electrons. The van der Waals surface area contributed by atoms with Crippen LogP contribution in [-0.2, 0) is 9.84 Å². The number of anilines is 1. The van der Waals surface area contributed by atoms with Crippen molar-refractivity contribution in [2.75, 3.05) is 12.0 Å². The highest BCUT2D eigenvalue weighted by atomic mass is 32.2. The lowest BCUT2D eigenvalue weighted by Crippen LogP contribution is -2.03. The number of hydrogen-bond acceptors (Lipinski definition) is 5. The van der Waals surface area contributed by atoms with Crippen LogP contribution in [0, 0.1) is 6.92 Å². The molecule has 18 heavy (non-hydrogen) atoms. The molecule has 0 aliphatic heterocycles. The minimum Gasteiger partial charge on any atom is -0.468 e. The second-order valence-electron chi connectivity index (χ2n) is 3.88. The zero-order chi connectivity index (χ0) is 13.3. The number of nitrogens with two attached hydrogens (primary N) is 1. The van der Waals surface area contributed by atoms with E-state index in [1.165, 1.54) is 17.8 Å². The van der Waals surface area contributed by atoms with E-state index < -0.39 is 9.84 Å². The van der Waals surface area contributed by atoms with E-state index in [4.69, 9.17) is 10.2 Å². The fourth-order valence-corrected chi connectivity index (χ4v) is 3.35. The third-order valence-corrected chi connectivity index (χ3v) is 4.83. The van der Waals surface area contributed by atoms with E-state index in [0.717, 1.165) is 16.9 Å². The van der Waals surface area contributed by atoms with Crippen LogP contribution < -0.4 is 5.73 Å². The van der Waals surface area contributed by atoms with Gasteiger partial charge in [-0.1, -0.05) is 17.8 Å². The molecular formula is C12H13NO3S2. The second kappa shape index (κ2) is 4.70. The van der Waals surface area contributed by atoms with E-state index in [1.807, 2.05) is 13.0 Å². The van der Waals surface area contributed by atoms with E-state index in [9.17, 15) is 8.42 Å². The molecule has 0 fully saturated rings. The highest BCUT2D eigenvalue weighted by Crippen LogP contribution is 2.36. The van der Waals surface area contributed by atoms with Crippen LogP contribution in [0.4, 0.5) is 5.69 Å². The zero-order valence-electron chi connectivity index (χ0n) is 10.0. The fourth-order valence-electron chi connectivity index (χ4n) is 1.53. The Hall–Kier alpha value is -1.40. The SMILES string of the molecule is Cc1occc1Sc1cccc(S(C)(=O)=O)c1N. The molecule has 2 aromatic rings. The smallest absolute Gasteiger partial charge is 0.177 e. The summed E-state index contributed by atoms with van der Waals surface area (Å²) in [6.07, 6.45) is 2.74. The van der Waals surface area contributed by atoms with Gasteiger partial charge in [0, 0.05) is 11.2 Å². The van der Waals surface area contributed by atoms with E-state index in [-0.39, 0.29) is 10.6 Å². The molecule has 0 radical (unpaired) electrons. The highest BCUT2D eigenvalue weighted by Gasteiger charge is 2.15. The second-order valence-corrected chi connectivity index (χ2v) is 6.95. The number of para-hydroxylation sites is 1. The van der Waals surface area contributed by atoms with Crippen LogP contribution >= 0.6 is 11.8 Å². The normalized spacial score (nSPS) is 11.7. The van der Waals surface area contributed by atoms with E-state index in [1.54, 1.807) is 18.4 Å². The summed E-state index contributed by atoms with van der Waals surface area (Å²) in [5.74, 6) is 0.782. The van der Waals surface area contributed by atoms with Gasteiger partial charge in [0.15, 0.2) is 9.84 Å². The summed E-state index contributed by atoms with van der Waals surface area (Å²) < 4.78 is 28.3. The molecule has 1 aromatic carbocycles.